The highest BCUT2D eigenvalue weighted by Crippen LogP contribution is 2.24. The molecule has 2 aromatic rings. The van der Waals surface area contributed by atoms with Gasteiger partial charge in [-0.1, -0.05) is 6.92 Å². The number of ether oxygens (including phenoxy) is 1. The van der Waals surface area contributed by atoms with Crippen molar-refractivity contribution in [3.05, 3.63) is 46.8 Å². The van der Waals surface area contributed by atoms with Crippen molar-refractivity contribution in [3.63, 3.8) is 0 Å². The number of hydrogen-bond donors (Lipinski definition) is 1. The first-order chi connectivity index (χ1) is 10.0. The summed E-state index contributed by atoms with van der Waals surface area (Å²) in [6, 6.07) is 4.39. The van der Waals surface area contributed by atoms with E-state index in [1.807, 2.05) is 19.9 Å². The molecule has 0 bridgehead atoms. The molecule has 0 saturated heterocycles. The lowest BCUT2D eigenvalue weighted by atomic mass is 10.2. The van der Waals surface area contributed by atoms with Gasteiger partial charge in [-0.2, -0.15) is 5.10 Å². The van der Waals surface area contributed by atoms with Crippen molar-refractivity contribution >= 4 is 0 Å². The van der Waals surface area contributed by atoms with Gasteiger partial charge in [0.05, 0.1) is 11.4 Å². The standard InChI is InChI=1S/C15H19F2N3O/c1-4-18-8-11-6-13(16)15(14(17)7-11)21-9-12-5-10(2)19-20(12)3/h5-7,18H,4,8-9H2,1-3H3. The van der Waals surface area contributed by atoms with Crippen LogP contribution < -0.4 is 10.1 Å². The lowest BCUT2D eigenvalue weighted by molar-refractivity contribution is 0.265. The fraction of sp³-hybridized carbons (Fsp3) is 0.400. The van der Waals surface area contributed by atoms with E-state index < -0.39 is 11.6 Å². The maximum Gasteiger partial charge on any atom is 0.191 e. The highest BCUT2D eigenvalue weighted by atomic mass is 19.1. The Morgan fingerprint density at radius 3 is 2.43 bits per heavy atom. The van der Waals surface area contributed by atoms with Gasteiger partial charge in [-0.25, -0.2) is 8.78 Å². The van der Waals surface area contributed by atoms with Crippen molar-refractivity contribution < 1.29 is 13.5 Å². The van der Waals surface area contributed by atoms with Crippen LogP contribution in [0.2, 0.25) is 0 Å². The number of hydrogen-bond acceptors (Lipinski definition) is 3. The molecule has 4 nitrogen and oxygen atoms in total. The molecule has 6 heteroatoms. The van der Waals surface area contributed by atoms with Gasteiger partial charge >= 0.3 is 0 Å². The van der Waals surface area contributed by atoms with Crippen LogP contribution in [0.1, 0.15) is 23.9 Å². The van der Waals surface area contributed by atoms with E-state index in [2.05, 4.69) is 10.4 Å². The maximum absolute atomic E-state index is 13.9. The maximum atomic E-state index is 13.9. The quantitative estimate of drug-likeness (QED) is 0.890. The van der Waals surface area contributed by atoms with Crippen molar-refractivity contribution in [2.45, 2.75) is 27.0 Å². The van der Waals surface area contributed by atoms with Gasteiger partial charge in [-0.3, -0.25) is 4.68 Å². The van der Waals surface area contributed by atoms with Crippen LogP contribution in [0, 0.1) is 18.6 Å². The van der Waals surface area contributed by atoms with Crippen LogP contribution in [0.3, 0.4) is 0 Å². The summed E-state index contributed by atoms with van der Waals surface area (Å²) in [4.78, 5) is 0. The monoisotopic (exact) mass is 295 g/mol. The molecule has 0 aliphatic carbocycles. The highest BCUT2D eigenvalue weighted by Gasteiger charge is 2.14. The second-order valence-electron chi connectivity index (χ2n) is 4.86. The lowest BCUT2D eigenvalue weighted by Gasteiger charge is -2.10. The van der Waals surface area contributed by atoms with Crippen LogP contribution in [-0.2, 0) is 20.2 Å². The molecule has 0 aliphatic rings. The van der Waals surface area contributed by atoms with Gasteiger partial charge in [0.2, 0.25) is 0 Å². The molecule has 1 aromatic heterocycles. The predicted molar refractivity (Wildman–Crippen MR) is 76.0 cm³/mol. The molecule has 0 atom stereocenters. The van der Waals surface area contributed by atoms with Gasteiger partial charge < -0.3 is 10.1 Å². The minimum absolute atomic E-state index is 0.0672. The minimum Gasteiger partial charge on any atom is -0.481 e. The Bertz CT molecular complexity index is 602. The van der Waals surface area contributed by atoms with Crippen molar-refractivity contribution in [3.8, 4) is 5.75 Å². The van der Waals surface area contributed by atoms with Gasteiger partial charge in [-0.15, -0.1) is 0 Å². The largest absolute Gasteiger partial charge is 0.481 e. The SMILES string of the molecule is CCNCc1cc(F)c(OCc2cc(C)nn2C)c(F)c1. The molecular weight excluding hydrogens is 276 g/mol. The van der Waals surface area contributed by atoms with Crippen LogP contribution >= 0.6 is 0 Å². The Labute approximate surface area is 122 Å². The summed E-state index contributed by atoms with van der Waals surface area (Å²) in [6.07, 6.45) is 0. The van der Waals surface area contributed by atoms with E-state index in [9.17, 15) is 8.78 Å². The Balaban J connectivity index is 2.11. The van der Waals surface area contributed by atoms with Gasteiger partial charge in [0.15, 0.2) is 17.4 Å². The van der Waals surface area contributed by atoms with E-state index in [0.29, 0.717) is 12.1 Å². The summed E-state index contributed by atoms with van der Waals surface area (Å²) in [5, 5.41) is 7.18. The number of aromatic nitrogens is 2. The topological polar surface area (TPSA) is 39.1 Å². The Morgan fingerprint density at radius 1 is 1.24 bits per heavy atom. The Hall–Kier alpha value is -1.95. The summed E-state index contributed by atoms with van der Waals surface area (Å²) < 4.78 is 34.8. The molecule has 0 spiro atoms. The molecule has 0 aliphatic heterocycles. The molecule has 2 rings (SSSR count). The first-order valence-electron chi connectivity index (χ1n) is 6.82. The smallest absolute Gasteiger partial charge is 0.191 e. The van der Waals surface area contributed by atoms with E-state index in [-0.39, 0.29) is 12.4 Å². The van der Waals surface area contributed by atoms with Crippen molar-refractivity contribution in [1.29, 1.82) is 0 Å². The minimum atomic E-state index is -0.693. The second kappa shape index (κ2) is 6.67. The zero-order chi connectivity index (χ0) is 15.4. The van der Waals surface area contributed by atoms with Crippen molar-refractivity contribution in [2.24, 2.45) is 7.05 Å². The fourth-order valence-corrected chi connectivity index (χ4v) is 2.07. The molecule has 0 unspecified atom stereocenters. The summed E-state index contributed by atoms with van der Waals surface area (Å²) in [6.45, 7) is 5.00. The van der Waals surface area contributed by atoms with Gasteiger partial charge in [0.1, 0.15) is 6.61 Å². The van der Waals surface area contributed by atoms with Crippen LogP contribution in [0.5, 0.6) is 5.75 Å². The summed E-state index contributed by atoms with van der Waals surface area (Å²) >= 11 is 0. The van der Waals surface area contributed by atoms with E-state index in [1.165, 1.54) is 12.1 Å². The van der Waals surface area contributed by atoms with E-state index in [4.69, 9.17) is 4.74 Å². The van der Waals surface area contributed by atoms with E-state index in [1.54, 1.807) is 11.7 Å². The second-order valence-corrected chi connectivity index (χ2v) is 4.86. The first-order valence-corrected chi connectivity index (χ1v) is 6.82. The summed E-state index contributed by atoms with van der Waals surface area (Å²) in [5.41, 5.74) is 2.14. The molecule has 21 heavy (non-hydrogen) atoms. The van der Waals surface area contributed by atoms with Crippen LogP contribution in [0.4, 0.5) is 8.78 Å². The van der Waals surface area contributed by atoms with Crippen molar-refractivity contribution in [2.75, 3.05) is 6.54 Å². The number of rotatable bonds is 6. The van der Waals surface area contributed by atoms with Gasteiger partial charge in [0.25, 0.3) is 0 Å². The number of nitrogens with zero attached hydrogens (tertiary/aromatic N) is 2. The zero-order valence-corrected chi connectivity index (χ0v) is 12.4. The van der Waals surface area contributed by atoms with Gasteiger partial charge in [-0.05, 0) is 37.2 Å². The van der Waals surface area contributed by atoms with E-state index >= 15 is 0 Å². The number of benzene rings is 1. The Kier molecular flexibility index (Phi) is 4.90. The third-order valence-electron chi connectivity index (χ3n) is 3.10. The molecule has 1 aromatic carbocycles. The predicted octanol–water partition coefficient (Wildman–Crippen LogP) is 2.70. The lowest BCUT2D eigenvalue weighted by Crippen LogP contribution is -2.12. The fourth-order valence-electron chi connectivity index (χ4n) is 2.07. The normalized spacial score (nSPS) is 10.9. The molecule has 0 amide bonds. The van der Waals surface area contributed by atoms with Crippen LogP contribution in [-0.4, -0.2) is 16.3 Å². The third-order valence-corrected chi connectivity index (χ3v) is 3.10. The average Bonchev–Trinajstić information content (AvgIpc) is 2.74. The average molecular weight is 295 g/mol. The molecule has 1 N–H and O–H groups in total. The van der Waals surface area contributed by atoms with Crippen molar-refractivity contribution in [1.82, 2.24) is 15.1 Å². The molecule has 1 heterocycles. The summed E-state index contributed by atoms with van der Waals surface area (Å²) in [7, 11) is 1.76. The highest BCUT2D eigenvalue weighted by molar-refractivity contribution is 5.31. The molecule has 0 radical (unpaired) electrons. The number of halogens is 2. The molecule has 0 fully saturated rings. The number of nitrogens with one attached hydrogen (secondary N) is 1. The first kappa shape index (κ1) is 15.4. The number of aryl methyl sites for hydroxylation is 2. The molecular formula is C15H19F2N3O. The zero-order valence-electron chi connectivity index (χ0n) is 12.4. The molecule has 0 saturated carbocycles. The van der Waals surface area contributed by atoms with E-state index in [0.717, 1.165) is 17.9 Å². The van der Waals surface area contributed by atoms with Gasteiger partial charge in [0, 0.05) is 13.6 Å². The molecule has 114 valence electrons. The van der Waals surface area contributed by atoms with Crippen LogP contribution in [0.15, 0.2) is 18.2 Å². The Morgan fingerprint density at radius 2 is 1.90 bits per heavy atom. The summed E-state index contributed by atoms with van der Waals surface area (Å²) in [5.74, 6) is -1.74. The van der Waals surface area contributed by atoms with Crippen LogP contribution in [0.25, 0.3) is 0 Å². The third kappa shape index (κ3) is 3.78.